The van der Waals surface area contributed by atoms with Crippen molar-refractivity contribution in [3.63, 3.8) is 0 Å². The first-order chi connectivity index (χ1) is 9.33. The van der Waals surface area contributed by atoms with Gasteiger partial charge in [0.15, 0.2) is 0 Å². The van der Waals surface area contributed by atoms with E-state index in [0.29, 0.717) is 6.04 Å². The zero-order valence-electron chi connectivity index (χ0n) is 11.3. The highest BCUT2D eigenvalue weighted by Gasteiger charge is 2.28. The van der Waals surface area contributed by atoms with E-state index in [1.807, 2.05) is 6.07 Å². The van der Waals surface area contributed by atoms with E-state index >= 15 is 0 Å². The molecule has 0 saturated carbocycles. The van der Waals surface area contributed by atoms with Gasteiger partial charge in [0, 0.05) is 38.1 Å². The van der Waals surface area contributed by atoms with Crippen LogP contribution in [0.25, 0.3) is 0 Å². The lowest BCUT2D eigenvalue weighted by Crippen LogP contribution is -2.49. The number of hydrogen-bond acceptors (Lipinski definition) is 5. The van der Waals surface area contributed by atoms with E-state index < -0.39 is 0 Å². The van der Waals surface area contributed by atoms with E-state index in [-0.39, 0.29) is 6.10 Å². The van der Waals surface area contributed by atoms with E-state index in [4.69, 9.17) is 0 Å². The fraction of sp³-hybridized carbons (Fsp3) is 0.714. The zero-order chi connectivity index (χ0) is 13.1. The number of aliphatic hydroxyl groups excluding tert-OH is 1. The molecule has 0 aliphatic carbocycles. The summed E-state index contributed by atoms with van der Waals surface area (Å²) >= 11 is 0. The molecule has 3 heterocycles. The Labute approximate surface area is 114 Å². The lowest BCUT2D eigenvalue weighted by atomic mass is 9.99. The first-order valence-corrected chi connectivity index (χ1v) is 7.27. The Morgan fingerprint density at radius 2 is 1.79 bits per heavy atom. The highest BCUT2D eigenvalue weighted by Crippen LogP contribution is 2.22. The van der Waals surface area contributed by atoms with Gasteiger partial charge in [0.05, 0.1) is 6.10 Å². The molecule has 1 N–H and O–H groups in total. The van der Waals surface area contributed by atoms with E-state index in [1.165, 1.54) is 0 Å². The van der Waals surface area contributed by atoms with Gasteiger partial charge < -0.3 is 10.0 Å². The van der Waals surface area contributed by atoms with E-state index in [1.54, 1.807) is 12.4 Å². The second-order valence-corrected chi connectivity index (χ2v) is 5.56. The molecule has 1 aromatic heterocycles. The van der Waals surface area contributed by atoms with Crippen LogP contribution in [-0.2, 0) is 0 Å². The monoisotopic (exact) mass is 262 g/mol. The van der Waals surface area contributed by atoms with Crippen LogP contribution in [-0.4, -0.2) is 58.3 Å². The molecule has 5 heteroatoms. The number of rotatable bonds is 2. The highest BCUT2D eigenvalue weighted by atomic mass is 16.3. The van der Waals surface area contributed by atoms with Gasteiger partial charge in [-0.05, 0) is 38.3 Å². The van der Waals surface area contributed by atoms with Crippen LogP contribution < -0.4 is 4.90 Å². The minimum Gasteiger partial charge on any atom is -0.392 e. The number of β-amino-alcohol motifs (C(OH)–C–C–N with tert-alkyl or cyclic N) is 1. The Morgan fingerprint density at radius 3 is 2.47 bits per heavy atom. The lowest BCUT2D eigenvalue weighted by Gasteiger charge is -2.41. The van der Waals surface area contributed by atoms with Gasteiger partial charge in [0.25, 0.3) is 0 Å². The summed E-state index contributed by atoms with van der Waals surface area (Å²) in [6.07, 6.45) is 7.86. The van der Waals surface area contributed by atoms with Crippen LogP contribution in [0.3, 0.4) is 0 Å². The van der Waals surface area contributed by atoms with Gasteiger partial charge in [-0.15, -0.1) is 0 Å². The van der Waals surface area contributed by atoms with Gasteiger partial charge in [-0.2, -0.15) is 0 Å². The number of nitrogens with zero attached hydrogens (tertiary/aromatic N) is 4. The standard InChI is InChI=1S/C14H22N4O/c19-13-3-1-8-18(11-13)12-4-9-17(10-5-12)14-15-6-2-7-16-14/h2,6-7,12-13,19H,1,3-5,8-11H2/t13-/m1/s1. The second-order valence-electron chi connectivity index (χ2n) is 5.56. The minimum absolute atomic E-state index is 0.121. The molecule has 104 valence electrons. The van der Waals surface area contributed by atoms with E-state index in [9.17, 15) is 5.11 Å². The van der Waals surface area contributed by atoms with Crippen LogP contribution in [0.1, 0.15) is 25.7 Å². The van der Waals surface area contributed by atoms with Gasteiger partial charge >= 0.3 is 0 Å². The predicted molar refractivity (Wildman–Crippen MR) is 74.1 cm³/mol. The average molecular weight is 262 g/mol. The highest BCUT2D eigenvalue weighted by molar-refractivity contribution is 5.29. The quantitative estimate of drug-likeness (QED) is 0.858. The molecule has 0 amide bonds. The van der Waals surface area contributed by atoms with Gasteiger partial charge in [0.2, 0.25) is 5.95 Å². The van der Waals surface area contributed by atoms with Crippen molar-refractivity contribution in [3.8, 4) is 0 Å². The molecule has 2 fully saturated rings. The third kappa shape index (κ3) is 3.04. The summed E-state index contributed by atoms with van der Waals surface area (Å²) < 4.78 is 0. The molecular formula is C14H22N4O. The summed E-state index contributed by atoms with van der Waals surface area (Å²) in [6.45, 7) is 4.03. The van der Waals surface area contributed by atoms with Crippen LogP contribution >= 0.6 is 0 Å². The molecule has 1 aromatic rings. The van der Waals surface area contributed by atoms with Crippen molar-refractivity contribution in [2.45, 2.75) is 37.8 Å². The molecule has 0 spiro atoms. The van der Waals surface area contributed by atoms with Crippen molar-refractivity contribution < 1.29 is 5.11 Å². The molecule has 19 heavy (non-hydrogen) atoms. The third-order valence-electron chi connectivity index (χ3n) is 4.24. The molecule has 2 saturated heterocycles. The second kappa shape index (κ2) is 5.84. The number of likely N-dealkylation sites (tertiary alicyclic amines) is 1. The zero-order valence-corrected chi connectivity index (χ0v) is 11.3. The Bertz CT molecular complexity index is 392. The van der Waals surface area contributed by atoms with Crippen LogP contribution in [0.15, 0.2) is 18.5 Å². The molecule has 0 unspecified atom stereocenters. The molecule has 3 rings (SSSR count). The topological polar surface area (TPSA) is 52.5 Å². The molecule has 5 nitrogen and oxygen atoms in total. The summed E-state index contributed by atoms with van der Waals surface area (Å²) in [5, 5.41) is 9.77. The van der Waals surface area contributed by atoms with Crippen molar-refractivity contribution in [2.24, 2.45) is 0 Å². The summed E-state index contributed by atoms with van der Waals surface area (Å²) in [4.78, 5) is 13.4. The summed E-state index contributed by atoms with van der Waals surface area (Å²) in [5.74, 6) is 0.847. The van der Waals surface area contributed by atoms with Crippen molar-refractivity contribution in [2.75, 3.05) is 31.1 Å². The Morgan fingerprint density at radius 1 is 1.05 bits per heavy atom. The van der Waals surface area contributed by atoms with Gasteiger partial charge in [-0.1, -0.05) is 0 Å². The maximum absolute atomic E-state index is 9.77. The molecular weight excluding hydrogens is 240 g/mol. The van der Waals surface area contributed by atoms with Crippen molar-refractivity contribution in [1.29, 1.82) is 0 Å². The minimum atomic E-state index is -0.121. The van der Waals surface area contributed by atoms with Gasteiger partial charge in [-0.3, -0.25) is 4.90 Å². The molecule has 2 aliphatic rings. The maximum atomic E-state index is 9.77. The first kappa shape index (κ1) is 12.8. The van der Waals surface area contributed by atoms with Gasteiger partial charge in [-0.25, -0.2) is 9.97 Å². The van der Waals surface area contributed by atoms with Gasteiger partial charge in [0.1, 0.15) is 0 Å². The number of anilines is 1. The van der Waals surface area contributed by atoms with Crippen LogP contribution in [0.4, 0.5) is 5.95 Å². The summed E-state index contributed by atoms with van der Waals surface area (Å²) in [5.41, 5.74) is 0. The van der Waals surface area contributed by atoms with Crippen molar-refractivity contribution in [3.05, 3.63) is 18.5 Å². The van der Waals surface area contributed by atoms with E-state index in [2.05, 4.69) is 19.8 Å². The fourth-order valence-electron chi connectivity index (χ4n) is 3.20. The van der Waals surface area contributed by atoms with Crippen LogP contribution in [0.5, 0.6) is 0 Å². The Balaban J connectivity index is 1.54. The van der Waals surface area contributed by atoms with Crippen LogP contribution in [0.2, 0.25) is 0 Å². The third-order valence-corrected chi connectivity index (χ3v) is 4.24. The maximum Gasteiger partial charge on any atom is 0.225 e. The lowest BCUT2D eigenvalue weighted by molar-refractivity contribution is 0.0397. The molecule has 0 radical (unpaired) electrons. The number of aliphatic hydroxyl groups is 1. The number of piperidine rings is 2. The molecule has 2 aliphatic heterocycles. The van der Waals surface area contributed by atoms with Crippen LogP contribution in [0, 0.1) is 0 Å². The van der Waals surface area contributed by atoms with Crippen molar-refractivity contribution in [1.82, 2.24) is 14.9 Å². The molecule has 0 bridgehead atoms. The first-order valence-electron chi connectivity index (χ1n) is 7.27. The molecule has 1 atom stereocenters. The van der Waals surface area contributed by atoms with Crippen molar-refractivity contribution >= 4 is 5.95 Å². The normalized spacial score (nSPS) is 26.6. The summed E-state index contributed by atoms with van der Waals surface area (Å²) in [7, 11) is 0. The molecule has 0 aromatic carbocycles. The predicted octanol–water partition coefficient (Wildman–Crippen LogP) is 0.902. The fourth-order valence-corrected chi connectivity index (χ4v) is 3.20. The SMILES string of the molecule is O[C@@H]1CCCN(C2CCN(c3ncccn3)CC2)C1. The Hall–Kier alpha value is -1.20. The largest absolute Gasteiger partial charge is 0.392 e. The number of hydrogen-bond donors (Lipinski definition) is 1. The summed E-state index contributed by atoms with van der Waals surface area (Å²) in [6, 6.07) is 2.47. The average Bonchev–Trinajstić information content (AvgIpc) is 2.48. The smallest absolute Gasteiger partial charge is 0.225 e. The van der Waals surface area contributed by atoms with E-state index in [0.717, 1.165) is 57.8 Å². The Kier molecular flexibility index (Phi) is 3.94. The number of aromatic nitrogens is 2.